The Balaban J connectivity index is 1.83. The van der Waals surface area contributed by atoms with Gasteiger partial charge in [0, 0.05) is 10.2 Å². The number of hydrogen-bond acceptors (Lipinski definition) is 4. The molecule has 0 radical (unpaired) electrons. The van der Waals surface area contributed by atoms with Crippen LogP contribution in [0.3, 0.4) is 0 Å². The van der Waals surface area contributed by atoms with E-state index in [1.807, 2.05) is 13.0 Å². The first-order valence-electron chi connectivity index (χ1n) is 9.92. The van der Waals surface area contributed by atoms with Gasteiger partial charge in [0.25, 0.3) is 5.91 Å². The lowest BCUT2D eigenvalue weighted by atomic mass is 10.1. The fraction of sp³-hybridized carbons (Fsp3) is 0.120. The number of amides is 1. The molecule has 168 valence electrons. The second-order valence-corrected chi connectivity index (χ2v) is 8.89. The number of carbonyl (C=O) groups is 1. The molecule has 0 aromatic heterocycles. The molecule has 3 aromatic carbocycles. The molecule has 3 aromatic rings. The molecular formula is C25H19BrFIN2O3. The Morgan fingerprint density at radius 1 is 1.15 bits per heavy atom. The van der Waals surface area contributed by atoms with Crippen molar-refractivity contribution in [2.24, 2.45) is 0 Å². The SMILES string of the molecule is CCOc1cc(/C=C(\C#N)C(=O)Nc2ccc(Br)cc2)cc(I)c1OCc1ccc(F)cc1. The highest BCUT2D eigenvalue weighted by Crippen LogP contribution is 2.35. The van der Waals surface area contributed by atoms with Crippen molar-refractivity contribution in [2.45, 2.75) is 13.5 Å². The molecule has 0 aliphatic carbocycles. The average Bonchev–Trinajstić information content (AvgIpc) is 2.79. The predicted molar refractivity (Wildman–Crippen MR) is 137 cm³/mol. The van der Waals surface area contributed by atoms with Gasteiger partial charge in [0.2, 0.25) is 0 Å². The fourth-order valence-corrected chi connectivity index (χ4v) is 3.90. The van der Waals surface area contributed by atoms with Crippen LogP contribution in [0.15, 0.2) is 70.7 Å². The van der Waals surface area contributed by atoms with Gasteiger partial charge < -0.3 is 14.8 Å². The van der Waals surface area contributed by atoms with Gasteiger partial charge in [0.05, 0.1) is 10.2 Å². The summed E-state index contributed by atoms with van der Waals surface area (Å²) in [6.45, 7) is 2.50. The minimum absolute atomic E-state index is 0.0452. The lowest BCUT2D eigenvalue weighted by Gasteiger charge is -2.15. The fourth-order valence-electron chi connectivity index (χ4n) is 2.86. The van der Waals surface area contributed by atoms with Gasteiger partial charge in [-0.15, -0.1) is 0 Å². The Morgan fingerprint density at radius 3 is 2.48 bits per heavy atom. The number of hydrogen-bond donors (Lipinski definition) is 1. The van der Waals surface area contributed by atoms with E-state index < -0.39 is 5.91 Å². The highest BCUT2D eigenvalue weighted by atomic mass is 127. The number of benzene rings is 3. The number of nitrogens with one attached hydrogen (secondary N) is 1. The first-order chi connectivity index (χ1) is 15.9. The molecular weight excluding hydrogens is 602 g/mol. The van der Waals surface area contributed by atoms with E-state index in [0.29, 0.717) is 29.4 Å². The van der Waals surface area contributed by atoms with Crippen molar-refractivity contribution in [3.05, 3.63) is 91.2 Å². The number of anilines is 1. The molecule has 0 saturated heterocycles. The van der Waals surface area contributed by atoms with Gasteiger partial charge in [0.1, 0.15) is 24.1 Å². The molecule has 3 rings (SSSR count). The third-order valence-electron chi connectivity index (χ3n) is 4.41. The molecule has 5 nitrogen and oxygen atoms in total. The molecule has 8 heteroatoms. The third kappa shape index (κ3) is 7.04. The smallest absolute Gasteiger partial charge is 0.266 e. The van der Waals surface area contributed by atoms with Crippen LogP contribution in [0.4, 0.5) is 10.1 Å². The molecule has 33 heavy (non-hydrogen) atoms. The Labute approximate surface area is 213 Å². The summed E-state index contributed by atoms with van der Waals surface area (Å²) in [5.41, 5.74) is 1.98. The number of carbonyl (C=O) groups excluding carboxylic acids is 1. The van der Waals surface area contributed by atoms with Crippen molar-refractivity contribution in [2.75, 3.05) is 11.9 Å². The maximum Gasteiger partial charge on any atom is 0.266 e. The Bertz CT molecular complexity index is 1210. The molecule has 0 spiro atoms. The molecule has 0 saturated carbocycles. The van der Waals surface area contributed by atoms with E-state index in [-0.39, 0.29) is 18.0 Å². The molecule has 0 atom stereocenters. The molecule has 1 N–H and O–H groups in total. The maximum absolute atomic E-state index is 13.1. The monoisotopic (exact) mass is 620 g/mol. The first kappa shape index (κ1) is 24.7. The zero-order valence-electron chi connectivity index (χ0n) is 17.6. The Morgan fingerprint density at radius 2 is 1.85 bits per heavy atom. The van der Waals surface area contributed by atoms with Crippen LogP contribution in [0, 0.1) is 20.7 Å². The number of ether oxygens (including phenoxy) is 2. The third-order valence-corrected chi connectivity index (χ3v) is 5.74. The summed E-state index contributed by atoms with van der Waals surface area (Å²) >= 11 is 5.46. The van der Waals surface area contributed by atoms with Gasteiger partial charge in [-0.2, -0.15) is 5.26 Å². The number of rotatable bonds is 8. The maximum atomic E-state index is 13.1. The largest absolute Gasteiger partial charge is 0.490 e. The van der Waals surface area contributed by atoms with Crippen LogP contribution in [0.5, 0.6) is 11.5 Å². The van der Waals surface area contributed by atoms with Crippen molar-refractivity contribution in [1.29, 1.82) is 5.26 Å². The van der Waals surface area contributed by atoms with E-state index in [1.54, 1.807) is 48.5 Å². The summed E-state index contributed by atoms with van der Waals surface area (Å²) in [6.07, 6.45) is 1.50. The van der Waals surface area contributed by atoms with Gasteiger partial charge in [-0.1, -0.05) is 28.1 Å². The summed E-state index contributed by atoms with van der Waals surface area (Å²) in [5, 5.41) is 12.2. The van der Waals surface area contributed by atoms with E-state index in [0.717, 1.165) is 13.6 Å². The van der Waals surface area contributed by atoms with Crippen molar-refractivity contribution in [3.63, 3.8) is 0 Å². The normalized spacial score (nSPS) is 10.9. The van der Waals surface area contributed by atoms with Crippen LogP contribution < -0.4 is 14.8 Å². The number of nitrogens with zero attached hydrogens (tertiary/aromatic N) is 1. The highest BCUT2D eigenvalue weighted by molar-refractivity contribution is 14.1. The van der Waals surface area contributed by atoms with Crippen LogP contribution >= 0.6 is 38.5 Å². The summed E-state index contributed by atoms with van der Waals surface area (Å²) in [6, 6.07) is 18.6. The molecule has 0 unspecified atom stereocenters. The summed E-state index contributed by atoms with van der Waals surface area (Å²) in [7, 11) is 0. The minimum atomic E-state index is -0.510. The lowest BCUT2D eigenvalue weighted by Crippen LogP contribution is -2.13. The quantitative estimate of drug-likeness (QED) is 0.172. The molecule has 0 aliphatic rings. The van der Waals surface area contributed by atoms with Crippen LogP contribution in [0.1, 0.15) is 18.1 Å². The van der Waals surface area contributed by atoms with Crippen molar-refractivity contribution >= 4 is 56.2 Å². The molecule has 1 amide bonds. The lowest BCUT2D eigenvalue weighted by molar-refractivity contribution is -0.112. The van der Waals surface area contributed by atoms with Crippen LogP contribution in [-0.2, 0) is 11.4 Å². The van der Waals surface area contributed by atoms with E-state index in [9.17, 15) is 14.4 Å². The zero-order valence-corrected chi connectivity index (χ0v) is 21.3. The van der Waals surface area contributed by atoms with E-state index >= 15 is 0 Å². The van der Waals surface area contributed by atoms with Crippen LogP contribution in [0.2, 0.25) is 0 Å². The molecule has 0 aliphatic heterocycles. The highest BCUT2D eigenvalue weighted by Gasteiger charge is 2.15. The average molecular weight is 621 g/mol. The summed E-state index contributed by atoms with van der Waals surface area (Å²) < 4.78 is 26.5. The van der Waals surface area contributed by atoms with Gasteiger partial charge in [0.15, 0.2) is 11.5 Å². The number of halogens is 3. The van der Waals surface area contributed by atoms with E-state index in [2.05, 4.69) is 43.8 Å². The summed E-state index contributed by atoms with van der Waals surface area (Å²) in [4.78, 5) is 12.6. The molecule has 0 fully saturated rings. The minimum Gasteiger partial charge on any atom is -0.490 e. The Kier molecular flexibility index (Phi) is 8.86. The van der Waals surface area contributed by atoms with Gasteiger partial charge in [-0.3, -0.25) is 4.79 Å². The topological polar surface area (TPSA) is 71.3 Å². The van der Waals surface area contributed by atoms with E-state index in [4.69, 9.17) is 9.47 Å². The second-order valence-electron chi connectivity index (χ2n) is 6.81. The molecule has 0 heterocycles. The Hall–Kier alpha value is -2.90. The first-order valence-corrected chi connectivity index (χ1v) is 11.8. The van der Waals surface area contributed by atoms with Gasteiger partial charge >= 0.3 is 0 Å². The van der Waals surface area contributed by atoms with Gasteiger partial charge in [-0.25, -0.2) is 4.39 Å². The second kappa shape index (κ2) is 11.8. The van der Waals surface area contributed by atoms with E-state index in [1.165, 1.54) is 18.2 Å². The predicted octanol–water partition coefficient (Wildman–Crippen LogP) is 6.72. The summed E-state index contributed by atoms with van der Waals surface area (Å²) in [5.74, 6) is 0.210. The van der Waals surface area contributed by atoms with Gasteiger partial charge in [-0.05, 0) is 95.2 Å². The van der Waals surface area contributed by atoms with Crippen LogP contribution in [-0.4, -0.2) is 12.5 Å². The standard InChI is InChI=1S/C25H19BrFIN2O3/c1-2-32-23-13-17(11-18(14-29)25(31)30-21-9-5-19(26)6-10-21)12-22(28)24(23)33-15-16-3-7-20(27)8-4-16/h3-13H,2,15H2,1H3,(H,30,31)/b18-11+. The van der Waals surface area contributed by atoms with Crippen LogP contribution in [0.25, 0.3) is 6.08 Å². The zero-order chi connectivity index (χ0) is 23.8. The number of nitriles is 1. The van der Waals surface area contributed by atoms with Crippen molar-refractivity contribution in [1.82, 2.24) is 0 Å². The van der Waals surface area contributed by atoms with Crippen molar-refractivity contribution in [3.8, 4) is 17.6 Å². The molecule has 0 bridgehead atoms. The van der Waals surface area contributed by atoms with Crippen molar-refractivity contribution < 1.29 is 18.7 Å².